The molecule has 0 bridgehead atoms. The lowest BCUT2D eigenvalue weighted by atomic mass is 10.1. The molecule has 1 aromatic heterocycles. The highest BCUT2D eigenvalue weighted by molar-refractivity contribution is 5.91. The molecule has 1 N–H and O–H groups in total. The predicted octanol–water partition coefficient (Wildman–Crippen LogP) is 3.67. The van der Waals surface area contributed by atoms with Crippen molar-refractivity contribution in [3.63, 3.8) is 0 Å². The molecule has 0 aliphatic rings. The quantitative estimate of drug-likeness (QED) is 0.620. The van der Waals surface area contributed by atoms with Gasteiger partial charge in [-0.3, -0.25) is 4.79 Å². The van der Waals surface area contributed by atoms with Crippen LogP contribution in [0.15, 0.2) is 54.9 Å². The Hall–Kier alpha value is -3.61. The van der Waals surface area contributed by atoms with E-state index in [1.54, 1.807) is 74.5 Å². The van der Waals surface area contributed by atoms with Crippen molar-refractivity contribution in [2.24, 2.45) is 0 Å². The van der Waals surface area contributed by atoms with Gasteiger partial charge in [0.2, 0.25) is 5.91 Å². The molecule has 0 fully saturated rings. The van der Waals surface area contributed by atoms with E-state index in [1.165, 1.54) is 12.1 Å². The highest BCUT2D eigenvalue weighted by Crippen LogP contribution is 2.23. The summed E-state index contributed by atoms with van der Waals surface area (Å²) in [6.45, 7) is 2.02. The van der Waals surface area contributed by atoms with Crippen molar-refractivity contribution in [3.8, 4) is 17.2 Å². The molecule has 3 aromatic rings. The second-order valence-corrected chi connectivity index (χ2v) is 6.33. The third kappa shape index (κ3) is 5.01. The third-order valence-electron chi connectivity index (χ3n) is 4.37. The maximum absolute atomic E-state index is 14.4. The lowest BCUT2D eigenvalue weighted by Crippen LogP contribution is -2.20. The van der Waals surface area contributed by atoms with Crippen molar-refractivity contribution >= 4 is 12.0 Å². The number of hydrogen-bond acceptors (Lipinski definition) is 4. The van der Waals surface area contributed by atoms with Crippen LogP contribution in [0.2, 0.25) is 0 Å². The van der Waals surface area contributed by atoms with Gasteiger partial charge in [-0.15, -0.1) is 0 Å². The van der Waals surface area contributed by atoms with Crippen LogP contribution in [-0.4, -0.2) is 29.7 Å². The number of carbonyl (C=O) groups excluding carboxylic acids is 1. The number of amides is 1. The number of nitrogens with zero attached hydrogens (tertiary/aromatic N) is 2. The molecule has 0 saturated carbocycles. The van der Waals surface area contributed by atoms with Crippen LogP contribution in [0.3, 0.4) is 0 Å². The van der Waals surface area contributed by atoms with Crippen LogP contribution in [0.5, 0.6) is 11.5 Å². The molecule has 1 heterocycles. The normalized spacial score (nSPS) is 10.9. The molecule has 0 aliphatic carbocycles. The van der Waals surface area contributed by atoms with Gasteiger partial charge in [0.05, 0.1) is 19.9 Å². The molecule has 150 valence electrons. The van der Waals surface area contributed by atoms with Crippen molar-refractivity contribution in [1.82, 2.24) is 14.9 Å². The van der Waals surface area contributed by atoms with Crippen molar-refractivity contribution in [1.29, 1.82) is 0 Å². The van der Waals surface area contributed by atoms with E-state index in [0.29, 0.717) is 28.6 Å². The Morgan fingerprint density at radius 3 is 2.48 bits per heavy atom. The summed E-state index contributed by atoms with van der Waals surface area (Å²) in [6.07, 6.45) is 6.39. The van der Waals surface area contributed by atoms with Gasteiger partial charge in [0.15, 0.2) is 0 Å². The summed E-state index contributed by atoms with van der Waals surface area (Å²) in [5, 5.41) is 2.75. The minimum absolute atomic E-state index is 0.213. The van der Waals surface area contributed by atoms with E-state index < -0.39 is 0 Å². The van der Waals surface area contributed by atoms with E-state index >= 15 is 0 Å². The fourth-order valence-corrected chi connectivity index (χ4v) is 2.83. The van der Waals surface area contributed by atoms with Gasteiger partial charge < -0.3 is 19.4 Å². The SMILES string of the molecule is COc1cc(/C=C/C(=O)NCc2ccc(-n3ccnc3C)c(F)c2)cc(OC)c1. The lowest BCUT2D eigenvalue weighted by molar-refractivity contribution is -0.116. The number of ether oxygens (including phenoxy) is 2. The van der Waals surface area contributed by atoms with Crippen molar-refractivity contribution < 1.29 is 18.7 Å². The van der Waals surface area contributed by atoms with E-state index in [4.69, 9.17) is 9.47 Å². The fourth-order valence-electron chi connectivity index (χ4n) is 2.83. The smallest absolute Gasteiger partial charge is 0.244 e. The molecule has 3 rings (SSSR count). The van der Waals surface area contributed by atoms with Crippen molar-refractivity contribution in [2.75, 3.05) is 14.2 Å². The Kier molecular flexibility index (Phi) is 6.29. The molecule has 1 amide bonds. The van der Waals surface area contributed by atoms with Crippen LogP contribution in [0.1, 0.15) is 17.0 Å². The molecule has 6 nitrogen and oxygen atoms in total. The van der Waals surface area contributed by atoms with E-state index in [0.717, 1.165) is 5.56 Å². The number of benzene rings is 2. The monoisotopic (exact) mass is 395 g/mol. The number of halogens is 1. The average Bonchev–Trinajstić information content (AvgIpc) is 3.16. The topological polar surface area (TPSA) is 65.4 Å². The van der Waals surface area contributed by atoms with Crippen LogP contribution < -0.4 is 14.8 Å². The van der Waals surface area contributed by atoms with Gasteiger partial charge in [-0.25, -0.2) is 9.37 Å². The highest BCUT2D eigenvalue weighted by Gasteiger charge is 2.08. The van der Waals surface area contributed by atoms with Gasteiger partial charge in [0, 0.05) is 31.1 Å². The largest absolute Gasteiger partial charge is 0.497 e. The minimum atomic E-state index is -0.378. The van der Waals surface area contributed by atoms with Gasteiger partial charge in [-0.2, -0.15) is 0 Å². The van der Waals surface area contributed by atoms with Crippen molar-refractivity contribution in [3.05, 3.63) is 77.6 Å². The Morgan fingerprint density at radius 1 is 1.17 bits per heavy atom. The van der Waals surface area contributed by atoms with Gasteiger partial charge in [-0.1, -0.05) is 6.07 Å². The van der Waals surface area contributed by atoms with Crippen LogP contribution in [0.4, 0.5) is 4.39 Å². The highest BCUT2D eigenvalue weighted by atomic mass is 19.1. The first-order valence-electron chi connectivity index (χ1n) is 8.98. The molecule has 0 saturated heterocycles. The standard InChI is InChI=1S/C22H22FN3O3/c1-15-24-8-9-26(15)21-6-4-17(12-20(21)23)14-25-22(27)7-5-16-10-18(28-2)13-19(11-16)29-3/h4-13H,14H2,1-3H3,(H,25,27)/b7-5+. The maximum Gasteiger partial charge on any atom is 0.244 e. The number of aromatic nitrogens is 2. The number of rotatable bonds is 7. The molecule has 0 unspecified atom stereocenters. The zero-order chi connectivity index (χ0) is 20.8. The fraction of sp³-hybridized carbons (Fsp3) is 0.182. The Labute approximate surface area is 168 Å². The van der Waals surface area contributed by atoms with Gasteiger partial charge in [-0.05, 0) is 48.4 Å². The van der Waals surface area contributed by atoms with E-state index in [-0.39, 0.29) is 18.3 Å². The molecule has 0 radical (unpaired) electrons. The zero-order valence-corrected chi connectivity index (χ0v) is 16.5. The minimum Gasteiger partial charge on any atom is -0.497 e. The maximum atomic E-state index is 14.4. The van der Waals surface area contributed by atoms with Crippen LogP contribution >= 0.6 is 0 Å². The number of nitrogens with one attached hydrogen (secondary N) is 1. The summed E-state index contributed by atoms with van der Waals surface area (Å²) in [4.78, 5) is 16.2. The summed E-state index contributed by atoms with van der Waals surface area (Å²) < 4.78 is 26.5. The van der Waals surface area contributed by atoms with Gasteiger partial charge in [0.25, 0.3) is 0 Å². The number of imidazole rings is 1. The van der Waals surface area contributed by atoms with Crippen LogP contribution in [-0.2, 0) is 11.3 Å². The molecule has 29 heavy (non-hydrogen) atoms. The van der Waals surface area contributed by atoms with E-state index in [9.17, 15) is 9.18 Å². The molecular formula is C22H22FN3O3. The number of hydrogen-bond donors (Lipinski definition) is 1. The summed E-state index contributed by atoms with van der Waals surface area (Å²) in [7, 11) is 3.13. The van der Waals surface area contributed by atoms with Gasteiger partial charge in [0.1, 0.15) is 23.1 Å². The molecule has 0 aliphatic heterocycles. The Morgan fingerprint density at radius 2 is 1.90 bits per heavy atom. The lowest BCUT2D eigenvalue weighted by Gasteiger charge is -2.09. The first-order valence-corrected chi connectivity index (χ1v) is 8.98. The Bertz CT molecular complexity index is 1020. The summed E-state index contributed by atoms with van der Waals surface area (Å²) >= 11 is 0. The van der Waals surface area contributed by atoms with Crippen LogP contribution in [0, 0.1) is 12.7 Å². The van der Waals surface area contributed by atoms with E-state index in [2.05, 4.69) is 10.3 Å². The van der Waals surface area contributed by atoms with Gasteiger partial charge >= 0.3 is 0 Å². The Balaban J connectivity index is 1.63. The summed E-state index contributed by atoms with van der Waals surface area (Å²) in [6, 6.07) is 10.2. The van der Waals surface area contributed by atoms with Crippen molar-refractivity contribution in [2.45, 2.75) is 13.5 Å². The second-order valence-electron chi connectivity index (χ2n) is 6.33. The number of methoxy groups -OCH3 is 2. The number of aryl methyl sites for hydroxylation is 1. The summed E-state index contributed by atoms with van der Waals surface area (Å²) in [5.41, 5.74) is 1.85. The zero-order valence-electron chi connectivity index (χ0n) is 16.5. The summed E-state index contributed by atoms with van der Waals surface area (Å²) in [5.74, 6) is 1.30. The second kappa shape index (κ2) is 9.05. The predicted molar refractivity (Wildman–Crippen MR) is 109 cm³/mol. The van der Waals surface area contributed by atoms with Crippen LogP contribution in [0.25, 0.3) is 11.8 Å². The van der Waals surface area contributed by atoms with E-state index in [1.807, 2.05) is 0 Å². The first kappa shape index (κ1) is 20.1. The molecule has 0 spiro atoms. The molecular weight excluding hydrogens is 373 g/mol. The average molecular weight is 395 g/mol. The third-order valence-corrected chi connectivity index (χ3v) is 4.37. The number of carbonyl (C=O) groups is 1. The molecule has 7 heteroatoms. The molecule has 2 aromatic carbocycles. The molecule has 0 atom stereocenters. The first-order chi connectivity index (χ1) is 14.0.